The van der Waals surface area contributed by atoms with Crippen molar-refractivity contribution in [1.82, 2.24) is 19.4 Å². The molecule has 1 aromatic heterocycles. The second-order valence-corrected chi connectivity index (χ2v) is 6.15. The van der Waals surface area contributed by atoms with Gasteiger partial charge in [-0.3, -0.25) is 5.10 Å². The van der Waals surface area contributed by atoms with E-state index in [1.165, 1.54) is 12.0 Å². The van der Waals surface area contributed by atoms with Crippen LogP contribution in [0.3, 0.4) is 0 Å². The molecule has 21 heavy (non-hydrogen) atoms. The summed E-state index contributed by atoms with van der Waals surface area (Å²) in [5, 5.41) is 14.2. The van der Waals surface area contributed by atoms with Gasteiger partial charge in [-0.25, -0.2) is 18.0 Å². The fourth-order valence-corrected chi connectivity index (χ4v) is 3.48. The Labute approximate surface area is 120 Å². The van der Waals surface area contributed by atoms with Crippen LogP contribution < -0.4 is 0 Å². The Morgan fingerprint density at radius 2 is 1.95 bits per heavy atom. The number of aromatic nitrogens is 2. The van der Waals surface area contributed by atoms with E-state index in [4.69, 9.17) is 5.11 Å². The molecule has 1 aliphatic rings. The van der Waals surface area contributed by atoms with E-state index in [0.29, 0.717) is 0 Å². The molecule has 10 nitrogen and oxygen atoms in total. The summed E-state index contributed by atoms with van der Waals surface area (Å²) >= 11 is 0. The van der Waals surface area contributed by atoms with Crippen LogP contribution >= 0.6 is 0 Å². The fraction of sp³-hybridized carbons (Fsp3) is 0.500. The van der Waals surface area contributed by atoms with Crippen molar-refractivity contribution in [3.05, 3.63) is 11.8 Å². The Hall–Kier alpha value is -2.14. The van der Waals surface area contributed by atoms with Crippen LogP contribution in [-0.4, -0.2) is 78.3 Å². The number of methoxy groups -OCH3 is 1. The van der Waals surface area contributed by atoms with Crippen molar-refractivity contribution >= 4 is 22.1 Å². The fourth-order valence-electron chi connectivity index (χ4n) is 1.99. The van der Waals surface area contributed by atoms with E-state index in [0.717, 1.165) is 10.5 Å². The first kappa shape index (κ1) is 15.3. The molecule has 0 unspecified atom stereocenters. The third kappa shape index (κ3) is 2.83. The van der Waals surface area contributed by atoms with Gasteiger partial charge < -0.3 is 14.7 Å². The van der Waals surface area contributed by atoms with Gasteiger partial charge in [-0.05, 0) is 0 Å². The number of nitrogens with zero attached hydrogens (tertiary/aromatic N) is 3. The Balaban J connectivity index is 2.17. The molecule has 0 spiro atoms. The average molecular weight is 318 g/mol. The second kappa shape index (κ2) is 5.69. The molecule has 0 aromatic carbocycles. The van der Waals surface area contributed by atoms with E-state index in [1.54, 1.807) is 0 Å². The summed E-state index contributed by atoms with van der Waals surface area (Å²) in [5.41, 5.74) is -0.412. The number of hydrogen-bond donors (Lipinski definition) is 2. The molecule has 1 saturated heterocycles. The maximum absolute atomic E-state index is 12.4. The molecule has 1 aliphatic heterocycles. The van der Waals surface area contributed by atoms with Crippen LogP contribution in [0.15, 0.2) is 11.2 Å². The van der Waals surface area contributed by atoms with Crippen LogP contribution in [-0.2, 0) is 14.8 Å². The summed E-state index contributed by atoms with van der Waals surface area (Å²) in [6.45, 7) is 0.440. The minimum absolute atomic E-state index is 0.0511. The summed E-state index contributed by atoms with van der Waals surface area (Å²) in [6.07, 6.45) is 0.416. The molecule has 0 aliphatic carbocycles. The highest BCUT2D eigenvalue weighted by molar-refractivity contribution is 7.89. The van der Waals surface area contributed by atoms with Gasteiger partial charge in [0, 0.05) is 26.2 Å². The van der Waals surface area contributed by atoms with E-state index >= 15 is 0 Å². The number of hydrogen-bond acceptors (Lipinski definition) is 6. The van der Waals surface area contributed by atoms with Crippen molar-refractivity contribution in [2.75, 3.05) is 33.3 Å². The van der Waals surface area contributed by atoms with E-state index < -0.39 is 32.7 Å². The van der Waals surface area contributed by atoms with Gasteiger partial charge in [0.15, 0.2) is 5.03 Å². The lowest BCUT2D eigenvalue weighted by Gasteiger charge is -2.32. The number of aromatic carboxylic acids is 1. The standard InChI is InChI=1S/C10H14N4O6S/c1-20-10(17)13-2-4-14(5-3-13)21(18,19)8-7(9(15)16)6-11-12-8/h6H,2-5H2,1H3,(H,11,12)(H,15,16). The molecular formula is C10H14N4O6S. The van der Waals surface area contributed by atoms with Crippen LogP contribution in [0.25, 0.3) is 0 Å². The molecule has 2 N–H and O–H groups in total. The maximum atomic E-state index is 12.4. The van der Waals surface area contributed by atoms with Crippen LogP contribution in [0.2, 0.25) is 0 Å². The summed E-state index contributed by atoms with van der Waals surface area (Å²) in [4.78, 5) is 23.7. The van der Waals surface area contributed by atoms with Gasteiger partial charge >= 0.3 is 12.1 Å². The Morgan fingerprint density at radius 1 is 1.33 bits per heavy atom. The zero-order chi connectivity index (χ0) is 15.6. The number of aromatic amines is 1. The zero-order valence-corrected chi connectivity index (χ0v) is 12.0. The molecule has 0 atom stereocenters. The van der Waals surface area contributed by atoms with Gasteiger partial charge in [-0.1, -0.05) is 0 Å². The second-order valence-electron chi connectivity index (χ2n) is 4.28. The third-order valence-corrected chi connectivity index (χ3v) is 4.98. The molecule has 11 heteroatoms. The number of piperazine rings is 1. The van der Waals surface area contributed by atoms with Gasteiger partial charge in [0.05, 0.1) is 13.3 Å². The van der Waals surface area contributed by atoms with Crippen LogP contribution in [0.5, 0.6) is 0 Å². The van der Waals surface area contributed by atoms with Gasteiger partial charge in [-0.2, -0.15) is 9.40 Å². The van der Waals surface area contributed by atoms with E-state index in [9.17, 15) is 18.0 Å². The van der Waals surface area contributed by atoms with Gasteiger partial charge in [-0.15, -0.1) is 0 Å². The molecule has 1 amide bonds. The minimum atomic E-state index is -3.99. The van der Waals surface area contributed by atoms with Crippen LogP contribution in [0, 0.1) is 0 Å². The SMILES string of the molecule is COC(=O)N1CCN(S(=O)(=O)c2[nH]ncc2C(=O)O)CC1. The molecular weight excluding hydrogens is 304 g/mol. The lowest BCUT2D eigenvalue weighted by atomic mass is 10.4. The Bertz CT molecular complexity index is 646. The third-order valence-electron chi connectivity index (χ3n) is 3.10. The number of amides is 1. The van der Waals surface area contributed by atoms with Crippen molar-refractivity contribution in [1.29, 1.82) is 0 Å². The lowest BCUT2D eigenvalue weighted by Crippen LogP contribution is -2.50. The average Bonchev–Trinajstić information content (AvgIpc) is 2.97. The van der Waals surface area contributed by atoms with Crippen molar-refractivity contribution in [2.24, 2.45) is 0 Å². The first-order valence-electron chi connectivity index (χ1n) is 5.97. The number of ether oxygens (including phenoxy) is 1. The highest BCUT2D eigenvalue weighted by Gasteiger charge is 2.34. The largest absolute Gasteiger partial charge is 0.478 e. The molecule has 2 heterocycles. The first-order valence-corrected chi connectivity index (χ1v) is 7.41. The number of sulfonamides is 1. The summed E-state index contributed by atoms with van der Waals surface area (Å²) in [7, 11) is -2.75. The predicted octanol–water partition coefficient (Wildman–Crippen LogP) is -0.819. The summed E-state index contributed by atoms with van der Waals surface area (Å²) in [5.74, 6) is -1.38. The van der Waals surface area contributed by atoms with E-state index in [-0.39, 0.29) is 26.2 Å². The number of carbonyl (C=O) groups is 2. The van der Waals surface area contributed by atoms with Crippen molar-refractivity contribution in [2.45, 2.75) is 5.03 Å². The van der Waals surface area contributed by atoms with E-state index in [2.05, 4.69) is 14.9 Å². The molecule has 116 valence electrons. The molecule has 1 aromatic rings. The Kier molecular flexibility index (Phi) is 4.14. The lowest BCUT2D eigenvalue weighted by molar-refractivity contribution is 0.0692. The maximum Gasteiger partial charge on any atom is 0.409 e. The van der Waals surface area contributed by atoms with Crippen molar-refractivity contribution in [3.63, 3.8) is 0 Å². The number of H-pyrrole nitrogens is 1. The van der Waals surface area contributed by atoms with Crippen LogP contribution in [0.1, 0.15) is 10.4 Å². The summed E-state index contributed by atoms with van der Waals surface area (Å²) in [6, 6.07) is 0. The number of nitrogens with one attached hydrogen (secondary N) is 1. The first-order chi connectivity index (χ1) is 9.87. The predicted molar refractivity (Wildman–Crippen MR) is 68.3 cm³/mol. The minimum Gasteiger partial charge on any atom is -0.478 e. The van der Waals surface area contributed by atoms with Crippen molar-refractivity contribution in [3.8, 4) is 0 Å². The monoisotopic (exact) mass is 318 g/mol. The van der Waals surface area contributed by atoms with Gasteiger partial charge in [0.25, 0.3) is 10.0 Å². The smallest absolute Gasteiger partial charge is 0.409 e. The zero-order valence-electron chi connectivity index (χ0n) is 11.1. The highest BCUT2D eigenvalue weighted by Crippen LogP contribution is 2.19. The molecule has 0 bridgehead atoms. The molecule has 1 fully saturated rings. The van der Waals surface area contributed by atoms with Crippen molar-refractivity contribution < 1.29 is 27.9 Å². The normalized spacial score (nSPS) is 16.7. The molecule has 0 saturated carbocycles. The quantitative estimate of drug-likeness (QED) is 0.744. The molecule has 0 radical (unpaired) electrons. The number of carboxylic acids is 1. The number of carbonyl (C=O) groups excluding carboxylic acids is 1. The number of carboxylic acid groups (broad SMARTS) is 1. The highest BCUT2D eigenvalue weighted by atomic mass is 32.2. The topological polar surface area (TPSA) is 133 Å². The molecule has 2 rings (SSSR count). The van der Waals surface area contributed by atoms with Gasteiger partial charge in [0.1, 0.15) is 5.56 Å². The van der Waals surface area contributed by atoms with E-state index in [1.807, 2.05) is 0 Å². The summed E-state index contributed by atoms with van der Waals surface area (Å²) < 4.78 is 30.4. The van der Waals surface area contributed by atoms with Gasteiger partial charge in [0.2, 0.25) is 0 Å². The van der Waals surface area contributed by atoms with Crippen LogP contribution in [0.4, 0.5) is 4.79 Å². The number of rotatable bonds is 3. The Morgan fingerprint density at radius 3 is 2.48 bits per heavy atom.